The van der Waals surface area contributed by atoms with Crippen LogP contribution in [0.15, 0.2) is 89.6 Å². The first-order chi connectivity index (χ1) is 13.1. The number of hydrogen-bond donors (Lipinski definition) is 0. The molecule has 0 nitrogen and oxygen atoms in total. The van der Waals surface area contributed by atoms with Gasteiger partial charge in [0.25, 0.3) is 0 Å². The molecule has 0 heterocycles. The monoisotopic (exact) mass is 510 g/mol. The van der Waals surface area contributed by atoms with Gasteiger partial charge in [-0.2, -0.15) is 29.4 Å². The molecule has 0 fully saturated rings. The molecule has 0 aromatic heterocycles. The molecule has 0 saturated heterocycles. The third-order valence-corrected chi connectivity index (χ3v) is 5.06. The summed E-state index contributed by atoms with van der Waals surface area (Å²) >= 11 is 0. The number of aryl methyl sites for hydroxylation is 2. The van der Waals surface area contributed by atoms with Crippen LogP contribution in [0.2, 0.25) is 0 Å². The smallest absolute Gasteiger partial charge is 1.00 e. The molecule has 152 valence electrons. The van der Waals surface area contributed by atoms with Gasteiger partial charge in [-0.3, -0.25) is 6.08 Å². The average Bonchev–Trinajstić information content (AvgIpc) is 3.32. The normalized spacial score (nSPS) is 13.1. The SMILES string of the molecule is CC1=C(C)C[C-]=C1.Cc1ccccc1C(=C1[C-]=CC=C1)c1ccccc1C.[Cl-].[Cl-].[Zr+4]. The maximum atomic E-state index is 3.35. The van der Waals surface area contributed by atoms with Crippen molar-refractivity contribution in [2.24, 2.45) is 0 Å². The van der Waals surface area contributed by atoms with Crippen LogP contribution in [0.1, 0.15) is 42.5 Å². The summed E-state index contributed by atoms with van der Waals surface area (Å²) in [4.78, 5) is 0. The van der Waals surface area contributed by atoms with E-state index in [0.29, 0.717) is 0 Å². The molecule has 2 aliphatic rings. The van der Waals surface area contributed by atoms with E-state index in [4.69, 9.17) is 0 Å². The van der Waals surface area contributed by atoms with Crippen LogP contribution < -0.4 is 24.8 Å². The number of rotatable bonds is 2. The van der Waals surface area contributed by atoms with Crippen molar-refractivity contribution in [1.29, 1.82) is 0 Å². The molecule has 0 spiro atoms. The Morgan fingerprint density at radius 1 is 0.800 bits per heavy atom. The van der Waals surface area contributed by atoms with Gasteiger partial charge in [0, 0.05) is 0 Å². The number of benzene rings is 2. The van der Waals surface area contributed by atoms with Gasteiger partial charge < -0.3 is 24.8 Å². The van der Waals surface area contributed by atoms with Crippen LogP contribution in [-0.2, 0) is 26.2 Å². The summed E-state index contributed by atoms with van der Waals surface area (Å²) in [5, 5.41) is 0. The maximum Gasteiger partial charge on any atom is 4.00 e. The van der Waals surface area contributed by atoms with Crippen molar-refractivity contribution >= 4 is 5.57 Å². The summed E-state index contributed by atoms with van der Waals surface area (Å²) in [5.74, 6) is 0. The zero-order chi connectivity index (χ0) is 19.2. The molecule has 2 aromatic rings. The van der Waals surface area contributed by atoms with Gasteiger partial charge in [0.2, 0.25) is 0 Å². The van der Waals surface area contributed by atoms with Crippen molar-refractivity contribution < 1.29 is 51.0 Å². The molecular formula is C27H26Cl2Zr. The molecule has 0 bridgehead atoms. The van der Waals surface area contributed by atoms with Crippen LogP contribution in [0.3, 0.4) is 0 Å². The predicted octanol–water partition coefficient (Wildman–Crippen LogP) is 1.13. The summed E-state index contributed by atoms with van der Waals surface area (Å²) in [5.41, 5.74) is 10.4. The van der Waals surface area contributed by atoms with Crippen LogP contribution in [0.5, 0.6) is 0 Å². The molecule has 0 saturated carbocycles. The summed E-state index contributed by atoms with van der Waals surface area (Å²) in [7, 11) is 0. The van der Waals surface area contributed by atoms with Crippen molar-refractivity contribution in [2.45, 2.75) is 34.1 Å². The summed E-state index contributed by atoms with van der Waals surface area (Å²) in [6.45, 7) is 8.59. The first-order valence-corrected chi connectivity index (χ1v) is 9.43. The van der Waals surface area contributed by atoms with E-state index in [9.17, 15) is 0 Å². The second kappa shape index (κ2) is 13.8. The summed E-state index contributed by atoms with van der Waals surface area (Å²) < 4.78 is 0. The minimum atomic E-state index is 0. The topological polar surface area (TPSA) is 0 Å². The molecule has 3 heteroatoms. The molecule has 0 amide bonds. The molecule has 0 N–H and O–H groups in total. The Labute approximate surface area is 213 Å². The van der Waals surface area contributed by atoms with Gasteiger partial charge in [-0.25, -0.2) is 11.6 Å². The van der Waals surface area contributed by atoms with E-state index < -0.39 is 0 Å². The minimum Gasteiger partial charge on any atom is -1.00 e. The van der Waals surface area contributed by atoms with Crippen molar-refractivity contribution in [2.75, 3.05) is 0 Å². The van der Waals surface area contributed by atoms with Gasteiger partial charge >= 0.3 is 26.2 Å². The fraction of sp³-hybridized carbons (Fsp3) is 0.185. The second-order valence-electron chi connectivity index (χ2n) is 7.08. The van der Waals surface area contributed by atoms with Crippen molar-refractivity contribution in [3.8, 4) is 0 Å². The standard InChI is InChI=1S/C20H17.C7H9.2ClH.Zr/c1-15-9-3-7-13-18(15)20(17-11-5-6-12-17)19-14-8-4-10-16(19)2;1-6-4-3-5-7(6)2;;;/h3-11,13-14H,1-2H3;4H,5H2,1-2H3;2*1H;/q2*-1;;;+4/p-2. The fourth-order valence-corrected chi connectivity index (χ4v) is 3.25. The summed E-state index contributed by atoms with van der Waals surface area (Å²) in [6.07, 6.45) is 15.7. The van der Waals surface area contributed by atoms with Crippen LogP contribution in [-0.4, -0.2) is 0 Å². The zero-order valence-electron chi connectivity index (χ0n) is 17.9. The Morgan fingerprint density at radius 2 is 1.33 bits per heavy atom. The van der Waals surface area contributed by atoms with Crippen molar-refractivity contribution in [3.63, 3.8) is 0 Å². The van der Waals surface area contributed by atoms with Gasteiger partial charge in [0.05, 0.1) is 0 Å². The Kier molecular flexibility index (Phi) is 13.2. The second-order valence-corrected chi connectivity index (χ2v) is 7.08. The van der Waals surface area contributed by atoms with Crippen LogP contribution >= 0.6 is 0 Å². The quantitative estimate of drug-likeness (QED) is 0.530. The Balaban J connectivity index is 0.000000726. The van der Waals surface area contributed by atoms with Gasteiger partial charge in [0.1, 0.15) is 0 Å². The predicted molar refractivity (Wildman–Crippen MR) is 116 cm³/mol. The first kappa shape index (κ1) is 28.6. The van der Waals surface area contributed by atoms with Gasteiger partial charge in [-0.1, -0.05) is 83.3 Å². The van der Waals surface area contributed by atoms with Gasteiger partial charge in [0.15, 0.2) is 0 Å². The van der Waals surface area contributed by atoms with E-state index >= 15 is 0 Å². The Hall–Kier alpha value is -1.40. The molecular weight excluding hydrogens is 486 g/mol. The van der Waals surface area contributed by atoms with Crippen LogP contribution in [0.25, 0.3) is 5.57 Å². The largest absolute Gasteiger partial charge is 4.00 e. The van der Waals surface area contributed by atoms with Crippen molar-refractivity contribution in [3.05, 3.63) is 124 Å². The first-order valence-electron chi connectivity index (χ1n) is 9.43. The minimum absolute atomic E-state index is 0. The fourth-order valence-electron chi connectivity index (χ4n) is 3.25. The number of hydrogen-bond acceptors (Lipinski definition) is 0. The molecule has 30 heavy (non-hydrogen) atoms. The van der Waals surface area contributed by atoms with E-state index in [-0.39, 0.29) is 51.0 Å². The van der Waals surface area contributed by atoms with Gasteiger partial charge in [-0.15, -0.1) is 19.4 Å². The van der Waals surface area contributed by atoms with E-state index in [0.717, 1.165) is 12.0 Å². The molecule has 0 unspecified atom stereocenters. The Morgan fingerprint density at radius 3 is 1.67 bits per heavy atom. The van der Waals surface area contributed by atoms with Crippen LogP contribution in [0.4, 0.5) is 0 Å². The molecule has 0 radical (unpaired) electrons. The molecule has 0 atom stereocenters. The molecule has 2 aromatic carbocycles. The zero-order valence-corrected chi connectivity index (χ0v) is 21.9. The molecule has 0 aliphatic heterocycles. The maximum absolute atomic E-state index is 3.35. The third-order valence-electron chi connectivity index (χ3n) is 5.06. The van der Waals surface area contributed by atoms with E-state index in [1.807, 2.05) is 12.2 Å². The van der Waals surface area contributed by atoms with Crippen LogP contribution in [0, 0.1) is 26.0 Å². The van der Waals surface area contributed by atoms with Crippen molar-refractivity contribution in [1.82, 2.24) is 0 Å². The van der Waals surface area contributed by atoms with E-state index in [1.54, 1.807) is 0 Å². The molecule has 4 rings (SSSR count). The average molecular weight is 513 g/mol. The Bertz CT molecular complexity index is 930. The molecule has 2 aliphatic carbocycles. The van der Waals surface area contributed by atoms with E-state index in [2.05, 4.69) is 101 Å². The summed E-state index contributed by atoms with van der Waals surface area (Å²) in [6, 6.07) is 17.1. The number of allylic oxidation sites excluding steroid dienone is 9. The van der Waals surface area contributed by atoms with E-state index in [1.165, 1.54) is 39.0 Å². The number of halogens is 2. The van der Waals surface area contributed by atoms with Gasteiger partial charge in [-0.05, 0) is 13.8 Å². The third kappa shape index (κ3) is 7.09.